The summed E-state index contributed by atoms with van der Waals surface area (Å²) >= 11 is 9.48. The van der Waals surface area contributed by atoms with Gasteiger partial charge in [0.1, 0.15) is 0 Å². The molecule has 0 aliphatic rings. The van der Waals surface area contributed by atoms with Gasteiger partial charge in [0.05, 0.1) is 16.9 Å². The topological polar surface area (TPSA) is 57.8 Å². The van der Waals surface area contributed by atoms with Gasteiger partial charge >= 0.3 is 0 Å². The Morgan fingerprint density at radius 3 is 2.63 bits per heavy atom. The fraction of sp³-hybridized carbons (Fsp3) is 0.231. The number of nitrogens with zero attached hydrogens (tertiary/aromatic N) is 1. The molecule has 0 radical (unpaired) electrons. The van der Waals surface area contributed by atoms with Crippen molar-refractivity contribution in [1.82, 2.24) is 10.2 Å². The van der Waals surface area contributed by atoms with Crippen LogP contribution in [0.3, 0.4) is 0 Å². The van der Waals surface area contributed by atoms with Crippen molar-refractivity contribution < 1.29 is 4.79 Å². The normalized spacial score (nSPS) is 10.6. The molecule has 0 fully saturated rings. The number of hydrogen-bond acceptors (Lipinski definition) is 2. The lowest BCUT2D eigenvalue weighted by atomic mass is 10.1. The smallest absolute Gasteiger partial charge is 0.259 e. The maximum Gasteiger partial charge on any atom is 0.259 e. The Morgan fingerprint density at radius 2 is 2.05 bits per heavy atom. The fourth-order valence-electron chi connectivity index (χ4n) is 1.81. The predicted molar refractivity (Wildman–Crippen MR) is 79.9 cm³/mol. The third-order valence-corrected chi connectivity index (χ3v) is 3.91. The van der Waals surface area contributed by atoms with Gasteiger partial charge in [-0.15, -0.1) is 0 Å². The molecule has 19 heavy (non-hydrogen) atoms. The van der Waals surface area contributed by atoms with E-state index in [2.05, 4.69) is 31.4 Å². The fourth-order valence-corrected chi connectivity index (χ4v) is 2.53. The molecule has 0 spiro atoms. The molecule has 2 aromatic rings. The predicted octanol–water partition coefficient (Wildman–Crippen LogP) is 4.00. The van der Waals surface area contributed by atoms with E-state index in [9.17, 15) is 4.79 Å². The minimum Gasteiger partial charge on any atom is -0.321 e. The molecule has 1 aromatic heterocycles. The van der Waals surface area contributed by atoms with E-state index < -0.39 is 0 Å². The van der Waals surface area contributed by atoms with Gasteiger partial charge in [-0.3, -0.25) is 9.89 Å². The Labute approximate surface area is 124 Å². The summed E-state index contributed by atoms with van der Waals surface area (Å²) in [6, 6.07) is 3.59. The highest BCUT2D eigenvalue weighted by Crippen LogP contribution is 2.29. The Balaban J connectivity index is 2.32. The number of aromatic amines is 1. The SMILES string of the molecule is Cc1cc(Br)c(NC(=O)c2c(C)n[nH]c2C)cc1Cl. The zero-order chi connectivity index (χ0) is 14.2. The molecule has 1 aromatic carbocycles. The van der Waals surface area contributed by atoms with Crippen molar-refractivity contribution in [2.75, 3.05) is 5.32 Å². The Hall–Kier alpha value is -1.33. The van der Waals surface area contributed by atoms with Crippen molar-refractivity contribution in [1.29, 1.82) is 0 Å². The molecule has 0 aliphatic carbocycles. The lowest BCUT2D eigenvalue weighted by molar-refractivity contribution is 0.102. The second kappa shape index (κ2) is 5.35. The van der Waals surface area contributed by atoms with E-state index in [1.165, 1.54) is 0 Å². The summed E-state index contributed by atoms with van der Waals surface area (Å²) in [7, 11) is 0. The van der Waals surface area contributed by atoms with Gasteiger partial charge in [0.2, 0.25) is 0 Å². The van der Waals surface area contributed by atoms with Crippen LogP contribution in [0.4, 0.5) is 5.69 Å². The van der Waals surface area contributed by atoms with Crippen molar-refractivity contribution in [3.05, 3.63) is 44.1 Å². The standard InChI is InChI=1S/C13H13BrClN3O/c1-6-4-9(14)11(5-10(6)15)16-13(19)12-7(2)17-18-8(12)3/h4-5H,1-3H3,(H,16,19)(H,17,18). The summed E-state index contributed by atoms with van der Waals surface area (Å²) < 4.78 is 0.793. The van der Waals surface area contributed by atoms with Crippen molar-refractivity contribution in [2.24, 2.45) is 0 Å². The van der Waals surface area contributed by atoms with E-state index in [1.807, 2.05) is 19.9 Å². The molecule has 6 heteroatoms. The van der Waals surface area contributed by atoms with Crippen LogP contribution >= 0.6 is 27.5 Å². The van der Waals surface area contributed by atoms with Crippen LogP contribution in [0.1, 0.15) is 27.3 Å². The molecule has 0 bridgehead atoms. The number of nitrogens with one attached hydrogen (secondary N) is 2. The van der Waals surface area contributed by atoms with E-state index in [4.69, 9.17) is 11.6 Å². The first kappa shape index (κ1) is 14.1. The number of benzene rings is 1. The van der Waals surface area contributed by atoms with Crippen molar-refractivity contribution in [2.45, 2.75) is 20.8 Å². The summed E-state index contributed by atoms with van der Waals surface area (Å²) in [6.07, 6.45) is 0. The maximum absolute atomic E-state index is 12.2. The van der Waals surface area contributed by atoms with E-state index in [0.29, 0.717) is 22.0 Å². The Morgan fingerprint density at radius 1 is 1.37 bits per heavy atom. The monoisotopic (exact) mass is 341 g/mol. The van der Waals surface area contributed by atoms with Crippen molar-refractivity contribution in [3.63, 3.8) is 0 Å². The average molecular weight is 343 g/mol. The van der Waals surface area contributed by atoms with Crippen molar-refractivity contribution in [3.8, 4) is 0 Å². The molecule has 1 amide bonds. The highest BCUT2D eigenvalue weighted by molar-refractivity contribution is 9.10. The summed E-state index contributed by atoms with van der Waals surface area (Å²) in [6.45, 7) is 5.50. The van der Waals surface area contributed by atoms with Gasteiger partial charge in [-0.05, 0) is 54.4 Å². The molecular formula is C13H13BrClN3O. The molecule has 0 atom stereocenters. The van der Waals surface area contributed by atoms with E-state index >= 15 is 0 Å². The molecule has 1 heterocycles. The van der Waals surface area contributed by atoms with E-state index in [-0.39, 0.29) is 5.91 Å². The summed E-state index contributed by atoms with van der Waals surface area (Å²) in [5.41, 5.74) is 3.56. The summed E-state index contributed by atoms with van der Waals surface area (Å²) in [4.78, 5) is 12.2. The zero-order valence-electron chi connectivity index (χ0n) is 10.8. The van der Waals surface area contributed by atoms with Gasteiger partial charge in [-0.25, -0.2) is 0 Å². The second-order valence-electron chi connectivity index (χ2n) is 4.34. The minimum absolute atomic E-state index is 0.204. The highest BCUT2D eigenvalue weighted by atomic mass is 79.9. The molecule has 100 valence electrons. The van der Waals surface area contributed by atoms with Gasteiger partial charge in [-0.1, -0.05) is 11.6 Å². The van der Waals surface area contributed by atoms with Gasteiger partial charge in [0.25, 0.3) is 5.91 Å². The number of carbonyl (C=O) groups is 1. The van der Waals surface area contributed by atoms with Crippen LogP contribution in [0.2, 0.25) is 5.02 Å². The first-order valence-electron chi connectivity index (χ1n) is 5.68. The number of halogens is 2. The van der Waals surface area contributed by atoms with Crippen LogP contribution in [0, 0.1) is 20.8 Å². The molecule has 2 N–H and O–H groups in total. The van der Waals surface area contributed by atoms with Gasteiger partial charge in [0, 0.05) is 15.2 Å². The van der Waals surface area contributed by atoms with Crippen LogP contribution < -0.4 is 5.32 Å². The first-order valence-corrected chi connectivity index (χ1v) is 6.85. The summed E-state index contributed by atoms with van der Waals surface area (Å²) in [5.74, 6) is -0.204. The highest BCUT2D eigenvalue weighted by Gasteiger charge is 2.16. The van der Waals surface area contributed by atoms with E-state index in [1.54, 1.807) is 13.0 Å². The lowest BCUT2D eigenvalue weighted by Crippen LogP contribution is -2.14. The number of carbonyl (C=O) groups excluding carboxylic acids is 1. The minimum atomic E-state index is -0.204. The number of hydrogen-bond donors (Lipinski definition) is 2. The molecule has 0 unspecified atom stereocenters. The van der Waals surface area contributed by atoms with Gasteiger partial charge in [-0.2, -0.15) is 5.10 Å². The molecular weight excluding hydrogens is 330 g/mol. The largest absolute Gasteiger partial charge is 0.321 e. The van der Waals surface area contributed by atoms with Crippen LogP contribution in [0.25, 0.3) is 0 Å². The number of rotatable bonds is 2. The van der Waals surface area contributed by atoms with Crippen LogP contribution in [0.5, 0.6) is 0 Å². The zero-order valence-corrected chi connectivity index (χ0v) is 13.1. The van der Waals surface area contributed by atoms with Gasteiger partial charge < -0.3 is 5.32 Å². The molecule has 4 nitrogen and oxygen atoms in total. The quantitative estimate of drug-likeness (QED) is 0.866. The number of amides is 1. The number of H-pyrrole nitrogens is 1. The molecule has 0 aliphatic heterocycles. The van der Waals surface area contributed by atoms with Crippen LogP contribution in [0.15, 0.2) is 16.6 Å². The third kappa shape index (κ3) is 2.82. The Kier molecular flexibility index (Phi) is 3.96. The van der Waals surface area contributed by atoms with E-state index in [0.717, 1.165) is 15.7 Å². The number of aryl methyl sites for hydroxylation is 3. The van der Waals surface area contributed by atoms with Crippen LogP contribution in [-0.2, 0) is 0 Å². The second-order valence-corrected chi connectivity index (χ2v) is 5.61. The average Bonchev–Trinajstić information content (AvgIpc) is 2.66. The number of anilines is 1. The molecule has 2 rings (SSSR count). The van der Waals surface area contributed by atoms with Crippen LogP contribution in [-0.4, -0.2) is 16.1 Å². The number of aromatic nitrogens is 2. The Bertz CT molecular complexity index is 632. The molecule has 0 saturated carbocycles. The third-order valence-electron chi connectivity index (χ3n) is 2.85. The maximum atomic E-state index is 12.2. The van der Waals surface area contributed by atoms with Crippen molar-refractivity contribution >= 4 is 39.1 Å². The molecule has 0 saturated heterocycles. The summed E-state index contributed by atoms with van der Waals surface area (Å²) in [5, 5.41) is 10.2. The van der Waals surface area contributed by atoms with Gasteiger partial charge in [0.15, 0.2) is 0 Å². The first-order chi connectivity index (χ1) is 8.90. The lowest BCUT2D eigenvalue weighted by Gasteiger charge is -2.09.